The summed E-state index contributed by atoms with van der Waals surface area (Å²) in [5.74, 6) is -0.329. The van der Waals surface area contributed by atoms with E-state index in [-0.39, 0.29) is 5.79 Å². The number of aromatic nitrogens is 2. The monoisotopic (exact) mass is 265 g/mol. The minimum Gasteiger partial charge on any atom is -0.346 e. The first-order valence-electron chi connectivity index (χ1n) is 7.24. The molecule has 0 unspecified atom stereocenters. The largest absolute Gasteiger partial charge is 0.346 e. The zero-order valence-electron chi connectivity index (χ0n) is 11.9. The third-order valence-electron chi connectivity index (χ3n) is 3.98. The summed E-state index contributed by atoms with van der Waals surface area (Å²) in [6.45, 7) is 9.51. The van der Waals surface area contributed by atoms with Gasteiger partial charge in [-0.25, -0.2) is 0 Å². The Morgan fingerprint density at radius 2 is 2.16 bits per heavy atom. The molecule has 0 atom stereocenters. The highest BCUT2D eigenvalue weighted by atomic mass is 16.7. The topological polar surface area (TPSA) is 39.5 Å². The van der Waals surface area contributed by atoms with Crippen molar-refractivity contribution in [1.29, 1.82) is 0 Å². The molecule has 2 aliphatic heterocycles. The Kier molecular flexibility index (Phi) is 3.60. The van der Waals surface area contributed by atoms with Crippen molar-refractivity contribution >= 4 is 0 Å². The maximum Gasteiger partial charge on any atom is 0.181 e. The lowest BCUT2D eigenvalue weighted by Gasteiger charge is -2.38. The molecule has 1 aromatic rings. The first-order chi connectivity index (χ1) is 9.21. The number of piperidine rings is 1. The number of aryl methyl sites for hydroxylation is 2. The van der Waals surface area contributed by atoms with Crippen LogP contribution < -0.4 is 0 Å². The van der Waals surface area contributed by atoms with Crippen LogP contribution in [0.3, 0.4) is 0 Å². The summed E-state index contributed by atoms with van der Waals surface area (Å²) in [6, 6.07) is 2.18. The Labute approximate surface area is 114 Å². The molecule has 19 heavy (non-hydrogen) atoms. The average Bonchev–Trinajstić information content (AvgIpc) is 2.97. The molecule has 3 heterocycles. The van der Waals surface area contributed by atoms with Gasteiger partial charge in [0, 0.05) is 19.5 Å². The SMILES string of the molecule is CCn1nc(C)cc1CN1CCCC2(C1)OCCO2. The molecule has 1 spiro atoms. The minimum absolute atomic E-state index is 0.329. The molecule has 0 aromatic carbocycles. The third kappa shape index (κ3) is 2.68. The summed E-state index contributed by atoms with van der Waals surface area (Å²) >= 11 is 0. The summed E-state index contributed by atoms with van der Waals surface area (Å²) < 4.78 is 13.7. The molecule has 2 fully saturated rings. The molecule has 1 aromatic heterocycles. The van der Waals surface area contributed by atoms with Crippen LogP contribution >= 0.6 is 0 Å². The minimum atomic E-state index is -0.329. The van der Waals surface area contributed by atoms with E-state index in [0.717, 1.165) is 57.9 Å². The first-order valence-corrected chi connectivity index (χ1v) is 7.24. The fourth-order valence-electron chi connectivity index (χ4n) is 3.17. The lowest BCUT2D eigenvalue weighted by Crippen LogP contribution is -2.48. The molecule has 0 bridgehead atoms. The Bertz CT molecular complexity index is 438. The van der Waals surface area contributed by atoms with Crippen molar-refractivity contribution in [2.45, 2.75) is 45.6 Å². The van der Waals surface area contributed by atoms with Gasteiger partial charge in [0.2, 0.25) is 0 Å². The summed E-state index contributed by atoms with van der Waals surface area (Å²) in [5.41, 5.74) is 2.38. The maximum atomic E-state index is 5.82. The van der Waals surface area contributed by atoms with Gasteiger partial charge in [-0.05, 0) is 32.9 Å². The Morgan fingerprint density at radius 1 is 1.37 bits per heavy atom. The number of ether oxygens (including phenoxy) is 2. The molecule has 5 heteroatoms. The molecular weight excluding hydrogens is 242 g/mol. The lowest BCUT2D eigenvalue weighted by molar-refractivity contribution is -0.190. The van der Waals surface area contributed by atoms with Gasteiger partial charge >= 0.3 is 0 Å². The Morgan fingerprint density at radius 3 is 2.89 bits per heavy atom. The smallest absolute Gasteiger partial charge is 0.181 e. The highest BCUT2D eigenvalue weighted by Gasteiger charge is 2.40. The van der Waals surface area contributed by atoms with Crippen molar-refractivity contribution in [3.05, 3.63) is 17.5 Å². The average molecular weight is 265 g/mol. The fourth-order valence-corrected chi connectivity index (χ4v) is 3.17. The van der Waals surface area contributed by atoms with Gasteiger partial charge in [-0.1, -0.05) is 0 Å². The lowest BCUT2D eigenvalue weighted by atomic mass is 10.0. The molecule has 0 radical (unpaired) electrons. The van der Waals surface area contributed by atoms with E-state index in [9.17, 15) is 0 Å². The van der Waals surface area contributed by atoms with E-state index >= 15 is 0 Å². The molecular formula is C14H23N3O2. The molecule has 0 amide bonds. The molecule has 0 N–H and O–H groups in total. The molecule has 3 rings (SSSR count). The van der Waals surface area contributed by atoms with Gasteiger partial charge in [0.1, 0.15) is 0 Å². The summed E-state index contributed by atoms with van der Waals surface area (Å²) in [7, 11) is 0. The van der Waals surface area contributed by atoms with Crippen LogP contribution in [-0.4, -0.2) is 46.8 Å². The van der Waals surface area contributed by atoms with Gasteiger partial charge in [0.05, 0.1) is 31.1 Å². The van der Waals surface area contributed by atoms with Crippen molar-refractivity contribution in [3.8, 4) is 0 Å². The Balaban J connectivity index is 1.69. The van der Waals surface area contributed by atoms with Crippen molar-refractivity contribution in [3.63, 3.8) is 0 Å². The van der Waals surface area contributed by atoms with E-state index in [1.807, 2.05) is 0 Å². The van der Waals surface area contributed by atoms with Crippen molar-refractivity contribution in [2.24, 2.45) is 0 Å². The van der Waals surface area contributed by atoms with E-state index < -0.39 is 0 Å². The first kappa shape index (κ1) is 13.1. The van der Waals surface area contributed by atoms with E-state index in [0.29, 0.717) is 0 Å². The van der Waals surface area contributed by atoms with Crippen LogP contribution in [0.1, 0.15) is 31.2 Å². The van der Waals surface area contributed by atoms with Crippen LogP contribution in [0, 0.1) is 6.92 Å². The van der Waals surface area contributed by atoms with Gasteiger partial charge in [-0.2, -0.15) is 5.10 Å². The van der Waals surface area contributed by atoms with Crippen LogP contribution in [-0.2, 0) is 22.6 Å². The van der Waals surface area contributed by atoms with Crippen LogP contribution in [0.4, 0.5) is 0 Å². The summed E-state index contributed by atoms with van der Waals surface area (Å²) in [6.07, 6.45) is 2.16. The normalized spacial score (nSPS) is 23.3. The van der Waals surface area contributed by atoms with Gasteiger partial charge in [-0.3, -0.25) is 9.58 Å². The zero-order chi connectivity index (χ0) is 13.3. The van der Waals surface area contributed by atoms with Crippen LogP contribution in [0.5, 0.6) is 0 Å². The second-order valence-corrected chi connectivity index (χ2v) is 5.51. The van der Waals surface area contributed by atoms with Gasteiger partial charge in [0.15, 0.2) is 5.79 Å². The second kappa shape index (κ2) is 5.23. The number of hydrogen-bond acceptors (Lipinski definition) is 4. The standard InChI is InChI=1S/C14H23N3O2/c1-3-17-13(9-12(2)15-17)10-16-6-4-5-14(11-16)18-7-8-19-14/h9H,3-8,10-11H2,1-2H3. The summed E-state index contributed by atoms with van der Waals surface area (Å²) in [5, 5.41) is 4.51. The van der Waals surface area contributed by atoms with Gasteiger partial charge < -0.3 is 9.47 Å². The molecule has 2 aliphatic rings. The highest BCUT2D eigenvalue weighted by Crippen LogP contribution is 2.30. The molecule has 5 nitrogen and oxygen atoms in total. The van der Waals surface area contributed by atoms with Gasteiger partial charge in [0.25, 0.3) is 0 Å². The third-order valence-corrected chi connectivity index (χ3v) is 3.98. The fraction of sp³-hybridized carbons (Fsp3) is 0.786. The number of rotatable bonds is 3. The number of nitrogens with zero attached hydrogens (tertiary/aromatic N) is 3. The van der Waals surface area contributed by atoms with E-state index in [2.05, 4.69) is 34.6 Å². The quantitative estimate of drug-likeness (QED) is 0.831. The van der Waals surface area contributed by atoms with E-state index in [4.69, 9.17) is 9.47 Å². The summed E-state index contributed by atoms with van der Waals surface area (Å²) in [4.78, 5) is 2.43. The maximum absolute atomic E-state index is 5.82. The predicted octanol–water partition coefficient (Wildman–Crippen LogP) is 1.55. The van der Waals surface area contributed by atoms with E-state index in [1.165, 1.54) is 5.69 Å². The molecule has 2 saturated heterocycles. The highest BCUT2D eigenvalue weighted by molar-refractivity contribution is 5.09. The Hall–Kier alpha value is -0.910. The van der Waals surface area contributed by atoms with Crippen molar-refractivity contribution in [2.75, 3.05) is 26.3 Å². The molecule has 106 valence electrons. The molecule has 0 aliphatic carbocycles. The van der Waals surface area contributed by atoms with Crippen molar-refractivity contribution in [1.82, 2.24) is 14.7 Å². The second-order valence-electron chi connectivity index (χ2n) is 5.51. The number of likely N-dealkylation sites (tertiary alicyclic amines) is 1. The predicted molar refractivity (Wildman–Crippen MR) is 71.8 cm³/mol. The van der Waals surface area contributed by atoms with Crippen LogP contribution in [0.2, 0.25) is 0 Å². The van der Waals surface area contributed by atoms with E-state index in [1.54, 1.807) is 0 Å². The van der Waals surface area contributed by atoms with Gasteiger partial charge in [-0.15, -0.1) is 0 Å². The van der Waals surface area contributed by atoms with Crippen LogP contribution in [0.15, 0.2) is 6.07 Å². The zero-order valence-corrected chi connectivity index (χ0v) is 11.9. The van der Waals surface area contributed by atoms with Crippen molar-refractivity contribution < 1.29 is 9.47 Å². The number of hydrogen-bond donors (Lipinski definition) is 0. The van der Waals surface area contributed by atoms with Crippen LogP contribution in [0.25, 0.3) is 0 Å². The molecule has 0 saturated carbocycles.